The van der Waals surface area contributed by atoms with Crippen LogP contribution in [0.15, 0.2) is 48.5 Å². The average Bonchev–Trinajstić information content (AvgIpc) is 3.37. The molecule has 0 amide bonds. The molecule has 1 heterocycles. The van der Waals surface area contributed by atoms with Crippen LogP contribution in [0.2, 0.25) is 0 Å². The van der Waals surface area contributed by atoms with Gasteiger partial charge in [0.2, 0.25) is 0 Å². The number of nitrogens with zero attached hydrogens (tertiary/aromatic N) is 1. The Kier molecular flexibility index (Phi) is 6.95. The van der Waals surface area contributed by atoms with E-state index in [1.807, 2.05) is 24.3 Å². The maximum Gasteiger partial charge on any atom is 0.416 e. The van der Waals surface area contributed by atoms with Crippen molar-refractivity contribution in [2.24, 2.45) is 5.92 Å². The number of rotatable bonds is 4. The molecule has 2 aromatic carbocycles. The summed E-state index contributed by atoms with van der Waals surface area (Å²) >= 11 is 0. The average molecular weight is 516 g/mol. The van der Waals surface area contributed by atoms with Crippen LogP contribution in [-0.4, -0.2) is 10.1 Å². The highest BCUT2D eigenvalue weighted by Gasteiger charge is 2.36. The van der Waals surface area contributed by atoms with E-state index in [9.17, 15) is 18.3 Å². The Balaban J connectivity index is 1.76. The van der Waals surface area contributed by atoms with Gasteiger partial charge >= 0.3 is 6.18 Å². The van der Waals surface area contributed by atoms with Gasteiger partial charge in [0.05, 0.1) is 17.4 Å². The molecule has 7 heteroatoms. The molecule has 0 saturated heterocycles. The summed E-state index contributed by atoms with van der Waals surface area (Å²) in [6.07, 6.45) is -1.79. The lowest BCUT2D eigenvalue weighted by Crippen LogP contribution is -2.23. The predicted octanol–water partition coefficient (Wildman–Crippen LogP) is 7.60. The molecule has 4 atom stereocenters. The van der Waals surface area contributed by atoms with Crippen LogP contribution < -0.4 is 5.30 Å². The summed E-state index contributed by atoms with van der Waals surface area (Å²) in [5.41, 5.74) is 3.36. The molecule has 4 unspecified atom stereocenters. The number of aromatic nitrogens is 1. The first-order chi connectivity index (χ1) is 17.1. The van der Waals surface area contributed by atoms with Crippen molar-refractivity contribution in [2.45, 2.75) is 69.8 Å². The molecule has 1 aromatic heterocycles. The summed E-state index contributed by atoms with van der Waals surface area (Å²) < 4.78 is 56.1. The molecule has 0 radical (unpaired) electrons. The van der Waals surface area contributed by atoms with Gasteiger partial charge in [-0.1, -0.05) is 56.2 Å². The fourth-order valence-corrected chi connectivity index (χ4v) is 6.04. The number of alkyl halides is 4. The second-order valence-electron chi connectivity index (χ2n) is 10.3. The maximum absolute atomic E-state index is 16.6. The van der Waals surface area contributed by atoms with Gasteiger partial charge in [0.15, 0.2) is 6.17 Å². The van der Waals surface area contributed by atoms with Crippen molar-refractivity contribution in [3.8, 4) is 11.1 Å². The Labute approximate surface area is 211 Å². The summed E-state index contributed by atoms with van der Waals surface area (Å²) in [7, 11) is 2.64. The molecule has 1 saturated carbocycles. The Morgan fingerprint density at radius 1 is 1.00 bits per heavy atom. The molecular formula is C29H30F4NOP. The summed E-state index contributed by atoms with van der Waals surface area (Å²) in [6, 6.07) is 12.0. The van der Waals surface area contributed by atoms with Crippen molar-refractivity contribution in [3.63, 3.8) is 0 Å². The van der Waals surface area contributed by atoms with E-state index >= 15 is 4.39 Å². The zero-order chi connectivity index (χ0) is 25.6. The first kappa shape index (κ1) is 25.4. The lowest BCUT2D eigenvalue weighted by molar-refractivity contribution is -0.137. The van der Waals surface area contributed by atoms with Crippen molar-refractivity contribution in [1.29, 1.82) is 0 Å². The van der Waals surface area contributed by atoms with Gasteiger partial charge in [0.25, 0.3) is 0 Å². The number of benzene rings is 2. The van der Waals surface area contributed by atoms with Crippen LogP contribution in [0.3, 0.4) is 0 Å². The predicted molar refractivity (Wildman–Crippen MR) is 137 cm³/mol. The molecule has 5 rings (SSSR count). The minimum absolute atomic E-state index is 0.0899. The van der Waals surface area contributed by atoms with Gasteiger partial charge in [-0.15, -0.1) is 9.24 Å². The molecular weight excluding hydrogens is 485 g/mol. The lowest BCUT2D eigenvalue weighted by Gasteiger charge is -2.32. The molecule has 2 aliphatic carbocycles. The maximum atomic E-state index is 16.6. The van der Waals surface area contributed by atoms with Gasteiger partial charge in [-0.2, -0.15) is 13.2 Å². The van der Waals surface area contributed by atoms with Crippen LogP contribution in [0, 0.1) is 5.92 Å². The Bertz CT molecular complexity index is 1230. The summed E-state index contributed by atoms with van der Waals surface area (Å²) in [5, 5.41) is 12.2. The molecule has 36 heavy (non-hydrogen) atoms. The number of aliphatic hydroxyl groups excluding tert-OH is 1. The first-order valence-corrected chi connectivity index (χ1v) is 13.1. The van der Waals surface area contributed by atoms with Gasteiger partial charge < -0.3 is 5.11 Å². The van der Waals surface area contributed by atoms with Crippen molar-refractivity contribution < 1.29 is 22.7 Å². The first-order valence-electron chi connectivity index (χ1n) is 12.5. The van der Waals surface area contributed by atoms with Crippen molar-refractivity contribution >= 4 is 14.5 Å². The summed E-state index contributed by atoms with van der Waals surface area (Å²) in [4.78, 5) is 5.02. The third-order valence-corrected chi connectivity index (χ3v) is 7.99. The van der Waals surface area contributed by atoms with Gasteiger partial charge in [-0.25, -0.2) is 4.39 Å². The largest absolute Gasteiger partial charge is 0.416 e. The highest BCUT2D eigenvalue weighted by atomic mass is 31.0. The van der Waals surface area contributed by atoms with Crippen LogP contribution in [0.1, 0.15) is 90.9 Å². The number of aliphatic hydroxyl groups is 1. The van der Waals surface area contributed by atoms with Gasteiger partial charge in [-0.05, 0) is 65.7 Å². The van der Waals surface area contributed by atoms with Gasteiger partial charge in [-0.3, -0.25) is 4.98 Å². The van der Waals surface area contributed by atoms with E-state index < -0.39 is 24.0 Å². The SMILES string of the molecule is CC1Cc2nc(C3CCCC3)c(C(F)c3ccc(C(F)(F)F)cc3)c(-c3ccc(P)cc3)c2C(O)C1. The highest BCUT2D eigenvalue weighted by molar-refractivity contribution is 7.27. The summed E-state index contributed by atoms with van der Waals surface area (Å²) in [6.45, 7) is 2.08. The van der Waals surface area contributed by atoms with E-state index in [0.29, 0.717) is 35.2 Å². The Morgan fingerprint density at radius 3 is 2.25 bits per heavy atom. The standard InChI is InChI=1S/C29H30F4NOP/c1-16-14-22-25(23(35)15-16)24(17-8-12-21(36)13-9-17)26(28(34-22)19-4-2-3-5-19)27(30)18-6-10-20(11-7-18)29(31,32)33/h6-13,16,19,23,27,35H,2-5,14-15,36H2,1H3. The van der Waals surface area contributed by atoms with Crippen molar-refractivity contribution in [1.82, 2.24) is 4.98 Å². The van der Waals surface area contributed by atoms with E-state index in [0.717, 1.165) is 54.4 Å². The topological polar surface area (TPSA) is 33.1 Å². The third kappa shape index (κ3) is 4.82. The molecule has 0 bridgehead atoms. The molecule has 1 fully saturated rings. The van der Waals surface area contributed by atoms with Crippen LogP contribution in [0.5, 0.6) is 0 Å². The molecule has 0 aliphatic heterocycles. The van der Waals surface area contributed by atoms with Crippen LogP contribution in [0.25, 0.3) is 11.1 Å². The number of pyridine rings is 1. The lowest BCUT2D eigenvalue weighted by atomic mass is 9.77. The van der Waals surface area contributed by atoms with E-state index in [2.05, 4.69) is 16.2 Å². The minimum atomic E-state index is -4.49. The van der Waals surface area contributed by atoms with Crippen LogP contribution in [0.4, 0.5) is 17.6 Å². The van der Waals surface area contributed by atoms with Crippen LogP contribution >= 0.6 is 9.24 Å². The number of fused-ring (bicyclic) bond motifs is 1. The zero-order valence-corrected chi connectivity index (χ0v) is 21.3. The minimum Gasteiger partial charge on any atom is -0.388 e. The van der Waals surface area contributed by atoms with Crippen LogP contribution in [-0.2, 0) is 12.6 Å². The molecule has 3 aromatic rings. The second kappa shape index (κ2) is 9.87. The van der Waals surface area contributed by atoms with E-state index in [1.165, 1.54) is 12.1 Å². The third-order valence-electron chi connectivity index (χ3n) is 7.61. The highest BCUT2D eigenvalue weighted by Crippen LogP contribution is 2.49. The fraction of sp³-hybridized carbons (Fsp3) is 0.414. The molecule has 0 spiro atoms. The smallest absolute Gasteiger partial charge is 0.388 e. The zero-order valence-electron chi connectivity index (χ0n) is 20.2. The summed E-state index contributed by atoms with van der Waals surface area (Å²) in [5.74, 6) is 0.341. The molecule has 1 N–H and O–H groups in total. The van der Waals surface area contributed by atoms with Crippen molar-refractivity contribution in [2.75, 3.05) is 0 Å². The molecule has 190 valence electrons. The Hall–Kier alpha value is -2.30. The normalized spacial score (nSPS) is 21.4. The monoisotopic (exact) mass is 515 g/mol. The van der Waals surface area contributed by atoms with E-state index in [1.54, 1.807) is 0 Å². The second-order valence-corrected chi connectivity index (χ2v) is 11.0. The number of hydrogen-bond donors (Lipinski definition) is 1. The number of hydrogen-bond acceptors (Lipinski definition) is 2. The van der Waals surface area contributed by atoms with Crippen molar-refractivity contribution in [3.05, 3.63) is 82.2 Å². The van der Waals surface area contributed by atoms with E-state index in [-0.39, 0.29) is 17.4 Å². The van der Waals surface area contributed by atoms with Gasteiger partial charge in [0.1, 0.15) is 0 Å². The van der Waals surface area contributed by atoms with Gasteiger partial charge in [0, 0.05) is 22.7 Å². The molecule has 2 nitrogen and oxygen atoms in total. The fourth-order valence-electron chi connectivity index (χ4n) is 5.85. The Morgan fingerprint density at radius 2 is 1.64 bits per heavy atom. The number of halogens is 4. The quantitative estimate of drug-likeness (QED) is 0.287. The molecule has 2 aliphatic rings. The van der Waals surface area contributed by atoms with E-state index in [4.69, 9.17) is 4.98 Å².